The van der Waals surface area contributed by atoms with Gasteiger partial charge in [-0.05, 0) is 23.8 Å². The van der Waals surface area contributed by atoms with Crippen LogP contribution in [0.1, 0.15) is 5.56 Å². The Morgan fingerprint density at radius 1 is 1.41 bits per heavy atom. The maximum atomic E-state index is 12.0. The first kappa shape index (κ1) is 15.8. The summed E-state index contributed by atoms with van der Waals surface area (Å²) >= 11 is 0. The molecule has 6 nitrogen and oxygen atoms in total. The first-order valence-electron chi connectivity index (χ1n) is 7.08. The molecule has 2 rings (SSSR count). The summed E-state index contributed by atoms with van der Waals surface area (Å²) in [5, 5.41) is 15.9. The highest BCUT2D eigenvalue weighted by molar-refractivity contribution is 5.74. The third kappa shape index (κ3) is 4.20. The summed E-state index contributed by atoms with van der Waals surface area (Å²) in [7, 11) is 0. The van der Waals surface area contributed by atoms with E-state index in [1.807, 2.05) is 36.5 Å². The molecule has 0 aliphatic heterocycles. The summed E-state index contributed by atoms with van der Waals surface area (Å²) in [5.74, 6) is 0. The molecule has 2 aromatic rings. The third-order valence-electron chi connectivity index (χ3n) is 3.16. The Morgan fingerprint density at radius 3 is 2.77 bits per heavy atom. The molecule has 0 fully saturated rings. The lowest BCUT2D eigenvalue weighted by molar-refractivity contribution is 0.183. The molecular weight excluding hydrogens is 280 g/mol. The van der Waals surface area contributed by atoms with Crippen molar-refractivity contribution >= 4 is 6.03 Å². The summed E-state index contributed by atoms with van der Waals surface area (Å²) in [5.41, 5.74) is 1.96. The number of hydrogen-bond donors (Lipinski definition) is 2. The third-order valence-corrected chi connectivity index (χ3v) is 3.16. The number of aliphatic hydroxyl groups excluding tert-OH is 1. The molecule has 0 spiro atoms. The second-order valence-corrected chi connectivity index (χ2v) is 4.73. The second-order valence-electron chi connectivity index (χ2n) is 4.73. The zero-order valence-corrected chi connectivity index (χ0v) is 12.4. The first-order chi connectivity index (χ1) is 10.7. The monoisotopic (exact) mass is 300 g/mol. The Hall–Kier alpha value is -2.60. The van der Waals surface area contributed by atoms with E-state index < -0.39 is 0 Å². The minimum absolute atomic E-state index is 0.0696. The van der Waals surface area contributed by atoms with Crippen LogP contribution in [0.4, 0.5) is 4.79 Å². The highest BCUT2D eigenvalue weighted by Crippen LogP contribution is 2.08. The SMILES string of the molecule is C=CCN(CCO)C(=O)NCc1ccc(-n2cccn2)cc1. The maximum absolute atomic E-state index is 12.0. The fourth-order valence-electron chi connectivity index (χ4n) is 2.03. The van der Waals surface area contributed by atoms with Gasteiger partial charge < -0.3 is 15.3 Å². The van der Waals surface area contributed by atoms with Crippen molar-refractivity contribution in [3.05, 3.63) is 60.9 Å². The highest BCUT2D eigenvalue weighted by Gasteiger charge is 2.10. The molecule has 0 aliphatic rings. The van der Waals surface area contributed by atoms with Crippen LogP contribution >= 0.6 is 0 Å². The molecule has 0 unspecified atom stereocenters. The van der Waals surface area contributed by atoms with Gasteiger partial charge >= 0.3 is 6.03 Å². The number of nitrogens with one attached hydrogen (secondary N) is 1. The fraction of sp³-hybridized carbons (Fsp3) is 0.250. The van der Waals surface area contributed by atoms with Crippen LogP contribution in [-0.2, 0) is 6.54 Å². The zero-order chi connectivity index (χ0) is 15.8. The van der Waals surface area contributed by atoms with E-state index in [2.05, 4.69) is 17.0 Å². The zero-order valence-electron chi connectivity index (χ0n) is 12.4. The molecule has 22 heavy (non-hydrogen) atoms. The average molecular weight is 300 g/mol. The number of benzene rings is 1. The van der Waals surface area contributed by atoms with E-state index in [1.54, 1.807) is 17.0 Å². The summed E-state index contributed by atoms with van der Waals surface area (Å²) in [6.07, 6.45) is 5.23. The van der Waals surface area contributed by atoms with E-state index in [1.165, 1.54) is 4.90 Å². The molecule has 0 atom stereocenters. The molecule has 0 radical (unpaired) electrons. The van der Waals surface area contributed by atoms with Gasteiger partial charge in [-0.1, -0.05) is 18.2 Å². The van der Waals surface area contributed by atoms with Crippen molar-refractivity contribution in [3.63, 3.8) is 0 Å². The van der Waals surface area contributed by atoms with Gasteiger partial charge in [0, 0.05) is 32.0 Å². The Labute approximate surface area is 129 Å². The van der Waals surface area contributed by atoms with Crippen LogP contribution < -0.4 is 5.32 Å². The van der Waals surface area contributed by atoms with Gasteiger partial charge in [-0.25, -0.2) is 9.48 Å². The molecule has 1 aromatic carbocycles. The summed E-state index contributed by atoms with van der Waals surface area (Å²) in [6, 6.07) is 9.43. The molecule has 0 aliphatic carbocycles. The molecule has 0 saturated carbocycles. The summed E-state index contributed by atoms with van der Waals surface area (Å²) < 4.78 is 1.77. The molecule has 0 bridgehead atoms. The minimum atomic E-state index is -0.217. The van der Waals surface area contributed by atoms with Gasteiger partial charge in [-0.15, -0.1) is 6.58 Å². The van der Waals surface area contributed by atoms with E-state index in [0.717, 1.165) is 11.3 Å². The molecule has 1 heterocycles. The van der Waals surface area contributed by atoms with E-state index >= 15 is 0 Å². The van der Waals surface area contributed by atoms with Crippen LogP contribution in [0.5, 0.6) is 0 Å². The van der Waals surface area contributed by atoms with Crippen molar-refractivity contribution in [3.8, 4) is 5.69 Å². The van der Waals surface area contributed by atoms with Crippen molar-refractivity contribution in [2.45, 2.75) is 6.54 Å². The highest BCUT2D eigenvalue weighted by atomic mass is 16.3. The van der Waals surface area contributed by atoms with Crippen molar-refractivity contribution in [1.29, 1.82) is 0 Å². The van der Waals surface area contributed by atoms with Gasteiger partial charge in [0.05, 0.1) is 12.3 Å². The number of carbonyl (C=O) groups is 1. The fourth-order valence-corrected chi connectivity index (χ4v) is 2.03. The predicted octanol–water partition coefficient (Wildman–Crippen LogP) is 1.56. The molecule has 6 heteroatoms. The minimum Gasteiger partial charge on any atom is -0.395 e. The average Bonchev–Trinajstić information content (AvgIpc) is 3.07. The number of nitrogens with zero attached hydrogens (tertiary/aromatic N) is 3. The Balaban J connectivity index is 1.91. The van der Waals surface area contributed by atoms with Crippen LogP contribution in [0.3, 0.4) is 0 Å². The molecule has 116 valence electrons. The number of aromatic nitrogens is 2. The quantitative estimate of drug-likeness (QED) is 0.762. The van der Waals surface area contributed by atoms with E-state index in [4.69, 9.17) is 5.11 Å². The number of aliphatic hydroxyl groups is 1. The Bertz CT molecular complexity index is 593. The van der Waals surface area contributed by atoms with Gasteiger partial charge in [-0.3, -0.25) is 0 Å². The van der Waals surface area contributed by atoms with Crippen LogP contribution in [0.2, 0.25) is 0 Å². The lowest BCUT2D eigenvalue weighted by atomic mass is 10.2. The Kier molecular flexibility index (Phi) is 5.73. The van der Waals surface area contributed by atoms with E-state index in [9.17, 15) is 4.79 Å². The van der Waals surface area contributed by atoms with E-state index in [-0.39, 0.29) is 19.2 Å². The van der Waals surface area contributed by atoms with Crippen molar-refractivity contribution in [2.24, 2.45) is 0 Å². The number of amides is 2. The standard InChI is InChI=1S/C16H20N4O2/c1-2-9-19(11-12-21)16(22)17-13-14-4-6-15(7-5-14)20-10-3-8-18-20/h2-8,10,21H,1,9,11-13H2,(H,17,22). The largest absolute Gasteiger partial charge is 0.395 e. The number of rotatable bonds is 7. The first-order valence-corrected chi connectivity index (χ1v) is 7.08. The van der Waals surface area contributed by atoms with Crippen molar-refractivity contribution < 1.29 is 9.90 Å². The normalized spacial score (nSPS) is 10.2. The van der Waals surface area contributed by atoms with Crippen LogP contribution in [0, 0.1) is 0 Å². The Morgan fingerprint density at radius 2 is 2.18 bits per heavy atom. The number of hydrogen-bond acceptors (Lipinski definition) is 3. The molecular formula is C16H20N4O2. The van der Waals surface area contributed by atoms with Gasteiger partial charge in [0.1, 0.15) is 0 Å². The van der Waals surface area contributed by atoms with Gasteiger partial charge in [0.25, 0.3) is 0 Å². The molecule has 2 N–H and O–H groups in total. The van der Waals surface area contributed by atoms with Gasteiger partial charge in [-0.2, -0.15) is 5.10 Å². The second kappa shape index (κ2) is 7.99. The van der Waals surface area contributed by atoms with Crippen LogP contribution in [-0.4, -0.2) is 45.5 Å². The predicted molar refractivity (Wildman–Crippen MR) is 84.7 cm³/mol. The lowest BCUT2D eigenvalue weighted by Gasteiger charge is -2.20. The van der Waals surface area contributed by atoms with Crippen LogP contribution in [0.15, 0.2) is 55.4 Å². The van der Waals surface area contributed by atoms with E-state index in [0.29, 0.717) is 13.1 Å². The number of carbonyl (C=O) groups excluding carboxylic acids is 1. The van der Waals surface area contributed by atoms with Crippen LogP contribution in [0.25, 0.3) is 5.69 Å². The van der Waals surface area contributed by atoms with Crippen molar-refractivity contribution in [1.82, 2.24) is 20.0 Å². The molecule has 1 aromatic heterocycles. The summed E-state index contributed by atoms with van der Waals surface area (Å²) in [4.78, 5) is 13.5. The van der Waals surface area contributed by atoms with Gasteiger partial charge in [0.15, 0.2) is 0 Å². The smallest absolute Gasteiger partial charge is 0.318 e. The maximum Gasteiger partial charge on any atom is 0.318 e. The number of urea groups is 1. The van der Waals surface area contributed by atoms with Gasteiger partial charge in [0.2, 0.25) is 0 Å². The lowest BCUT2D eigenvalue weighted by Crippen LogP contribution is -2.41. The summed E-state index contributed by atoms with van der Waals surface area (Å²) in [6.45, 7) is 4.66. The van der Waals surface area contributed by atoms with Crippen molar-refractivity contribution in [2.75, 3.05) is 19.7 Å². The molecule has 0 saturated heterocycles. The molecule has 2 amide bonds. The topological polar surface area (TPSA) is 70.4 Å².